The van der Waals surface area contributed by atoms with E-state index in [-0.39, 0.29) is 5.16 Å². The van der Waals surface area contributed by atoms with Gasteiger partial charge in [-0.15, -0.1) is 10.2 Å². The molecule has 1 heterocycles. The summed E-state index contributed by atoms with van der Waals surface area (Å²) >= 11 is 0. The zero-order chi connectivity index (χ0) is 14.5. The van der Waals surface area contributed by atoms with Gasteiger partial charge in [0.15, 0.2) is 0 Å². The van der Waals surface area contributed by atoms with Crippen molar-refractivity contribution in [1.82, 2.24) is 14.8 Å². The van der Waals surface area contributed by atoms with Crippen molar-refractivity contribution in [2.45, 2.75) is 57.1 Å². The lowest BCUT2D eigenvalue weighted by molar-refractivity contribution is 0.376. The van der Waals surface area contributed by atoms with Crippen LogP contribution in [0.2, 0.25) is 0 Å². The van der Waals surface area contributed by atoms with Crippen LogP contribution in [0.4, 0.5) is 0 Å². The van der Waals surface area contributed by atoms with Crippen molar-refractivity contribution in [3.8, 4) is 0 Å². The summed E-state index contributed by atoms with van der Waals surface area (Å²) in [5, 5.41) is 13.2. The van der Waals surface area contributed by atoms with E-state index in [0.29, 0.717) is 24.3 Å². The summed E-state index contributed by atoms with van der Waals surface area (Å²) in [6.07, 6.45) is 4.91. The molecule has 20 heavy (non-hydrogen) atoms. The van der Waals surface area contributed by atoms with E-state index in [2.05, 4.69) is 24.0 Å². The summed E-state index contributed by atoms with van der Waals surface area (Å²) in [6.45, 7) is 4.71. The smallest absolute Gasteiger partial charge is 0.273 e. The summed E-state index contributed by atoms with van der Waals surface area (Å²) in [5.41, 5.74) is 0. The van der Waals surface area contributed by atoms with E-state index < -0.39 is 10.0 Å². The minimum Gasteiger partial charge on any atom is -0.300 e. The van der Waals surface area contributed by atoms with Gasteiger partial charge in [-0.1, -0.05) is 20.3 Å². The fourth-order valence-electron chi connectivity index (χ4n) is 3.88. The third-order valence-electron chi connectivity index (χ3n) is 4.62. The van der Waals surface area contributed by atoms with Crippen molar-refractivity contribution in [1.29, 1.82) is 0 Å². The summed E-state index contributed by atoms with van der Waals surface area (Å²) in [4.78, 5) is 0. The van der Waals surface area contributed by atoms with Gasteiger partial charge in [0.05, 0.1) is 0 Å². The Morgan fingerprint density at radius 1 is 1.30 bits per heavy atom. The van der Waals surface area contributed by atoms with Gasteiger partial charge in [0.1, 0.15) is 5.82 Å². The molecule has 0 amide bonds. The monoisotopic (exact) mass is 298 g/mol. The number of hydrogen-bond donors (Lipinski definition) is 1. The number of nitrogens with two attached hydrogens (primary N) is 1. The van der Waals surface area contributed by atoms with Gasteiger partial charge in [-0.3, -0.25) is 0 Å². The zero-order valence-electron chi connectivity index (χ0n) is 12.0. The topological polar surface area (TPSA) is 90.9 Å². The summed E-state index contributed by atoms with van der Waals surface area (Å²) in [6, 6.07) is 0. The van der Waals surface area contributed by atoms with Gasteiger partial charge in [-0.2, -0.15) is 0 Å². The van der Waals surface area contributed by atoms with Crippen LogP contribution in [0, 0.1) is 17.8 Å². The third kappa shape index (κ3) is 2.37. The lowest BCUT2D eigenvalue weighted by Gasteiger charge is -2.22. The van der Waals surface area contributed by atoms with Crippen LogP contribution in [0.15, 0.2) is 5.16 Å². The van der Waals surface area contributed by atoms with Crippen LogP contribution in [-0.2, 0) is 16.6 Å². The van der Waals surface area contributed by atoms with Crippen LogP contribution in [0.3, 0.4) is 0 Å². The van der Waals surface area contributed by atoms with E-state index in [9.17, 15) is 8.42 Å². The molecule has 3 rings (SSSR count). The van der Waals surface area contributed by atoms with Crippen molar-refractivity contribution < 1.29 is 8.42 Å². The molecular weight excluding hydrogens is 276 g/mol. The number of primary sulfonamides is 1. The number of fused-ring (bicyclic) bond motifs is 2. The molecule has 2 fully saturated rings. The predicted octanol–water partition coefficient (Wildman–Crippen LogP) is 1.49. The average molecular weight is 298 g/mol. The lowest BCUT2D eigenvalue weighted by atomic mass is 9.88. The normalized spacial score (nSPS) is 29.5. The van der Waals surface area contributed by atoms with E-state index in [4.69, 9.17) is 5.14 Å². The summed E-state index contributed by atoms with van der Waals surface area (Å²) in [7, 11) is -3.81. The van der Waals surface area contributed by atoms with Gasteiger partial charge in [-0.25, -0.2) is 13.6 Å². The first-order chi connectivity index (χ1) is 9.36. The molecule has 6 nitrogen and oxygen atoms in total. The molecule has 0 saturated heterocycles. The van der Waals surface area contributed by atoms with Crippen LogP contribution < -0.4 is 5.14 Å². The van der Waals surface area contributed by atoms with E-state index in [1.807, 2.05) is 0 Å². The molecule has 2 aliphatic carbocycles. The van der Waals surface area contributed by atoms with Crippen LogP contribution >= 0.6 is 0 Å². The standard InChI is InChI=1S/C13H22N4O2S/c1-8(2)7-17-12(15-16-13(17)20(14,18)19)11-6-9-3-4-10(11)5-9/h8-11H,3-7H2,1-2H3,(H2,14,18,19). The number of rotatable bonds is 4. The Morgan fingerprint density at radius 3 is 2.55 bits per heavy atom. The Kier molecular flexibility index (Phi) is 3.36. The minimum absolute atomic E-state index is 0.0797. The molecule has 2 N–H and O–H groups in total. The SMILES string of the molecule is CC(C)Cn1c(C2CC3CCC2C3)nnc1S(N)(=O)=O. The minimum atomic E-state index is -3.81. The van der Waals surface area contributed by atoms with E-state index in [1.54, 1.807) is 4.57 Å². The quantitative estimate of drug-likeness (QED) is 0.911. The number of sulfonamides is 1. The van der Waals surface area contributed by atoms with Gasteiger partial charge in [-0.05, 0) is 37.0 Å². The zero-order valence-corrected chi connectivity index (χ0v) is 12.8. The van der Waals surface area contributed by atoms with Gasteiger partial charge in [0, 0.05) is 12.5 Å². The highest BCUT2D eigenvalue weighted by Crippen LogP contribution is 2.52. The number of hydrogen-bond acceptors (Lipinski definition) is 4. The Balaban J connectivity index is 2.00. The molecule has 2 saturated carbocycles. The van der Waals surface area contributed by atoms with E-state index >= 15 is 0 Å². The van der Waals surface area contributed by atoms with Crippen LogP contribution in [-0.4, -0.2) is 23.2 Å². The first kappa shape index (κ1) is 14.0. The first-order valence-electron chi connectivity index (χ1n) is 7.32. The molecule has 2 bridgehead atoms. The lowest BCUT2D eigenvalue weighted by Crippen LogP contribution is -2.23. The molecular formula is C13H22N4O2S. The Bertz CT molecular complexity index is 608. The second-order valence-electron chi connectivity index (χ2n) is 6.67. The molecule has 0 aromatic carbocycles. The van der Waals surface area contributed by atoms with E-state index in [1.165, 1.54) is 19.3 Å². The maximum atomic E-state index is 11.7. The van der Waals surface area contributed by atoms with Crippen LogP contribution in [0.1, 0.15) is 51.3 Å². The van der Waals surface area contributed by atoms with Gasteiger partial charge < -0.3 is 4.57 Å². The number of nitrogens with zero attached hydrogens (tertiary/aromatic N) is 3. The fourth-order valence-corrected chi connectivity index (χ4v) is 4.51. The molecule has 3 atom stereocenters. The third-order valence-corrected chi connectivity index (χ3v) is 5.43. The maximum absolute atomic E-state index is 11.7. The van der Waals surface area contributed by atoms with Crippen molar-refractivity contribution in [2.75, 3.05) is 0 Å². The Hall–Kier alpha value is -0.950. The molecule has 0 spiro atoms. The van der Waals surface area contributed by atoms with E-state index in [0.717, 1.165) is 18.2 Å². The van der Waals surface area contributed by atoms with Crippen molar-refractivity contribution >= 4 is 10.0 Å². The van der Waals surface area contributed by atoms with Crippen molar-refractivity contribution in [2.24, 2.45) is 22.9 Å². The average Bonchev–Trinajstić information content (AvgIpc) is 2.99. The Morgan fingerprint density at radius 2 is 2.05 bits per heavy atom. The Labute approximate surface area is 119 Å². The van der Waals surface area contributed by atoms with Crippen molar-refractivity contribution in [3.63, 3.8) is 0 Å². The van der Waals surface area contributed by atoms with Crippen LogP contribution in [0.5, 0.6) is 0 Å². The first-order valence-corrected chi connectivity index (χ1v) is 8.86. The van der Waals surface area contributed by atoms with Crippen molar-refractivity contribution in [3.05, 3.63) is 5.82 Å². The largest absolute Gasteiger partial charge is 0.300 e. The molecule has 3 unspecified atom stereocenters. The highest BCUT2D eigenvalue weighted by molar-refractivity contribution is 7.89. The van der Waals surface area contributed by atoms with Gasteiger partial charge >= 0.3 is 0 Å². The highest BCUT2D eigenvalue weighted by atomic mass is 32.2. The molecule has 0 radical (unpaired) electrons. The fraction of sp³-hybridized carbons (Fsp3) is 0.846. The number of aromatic nitrogens is 3. The molecule has 112 valence electrons. The summed E-state index contributed by atoms with van der Waals surface area (Å²) in [5.74, 6) is 2.94. The second kappa shape index (κ2) is 4.80. The second-order valence-corrected chi connectivity index (χ2v) is 8.13. The van der Waals surface area contributed by atoms with Gasteiger partial charge in [0.25, 0.3) is 15.2 Å². The van der Waals surface area contributed by atoms with Gasteiger partial charge in [0.2, 0.25) is 0 Å². The molecule has 2 aliphatic rings. The summed E-state index contributed by atoms with van der Waals surface area (Å²) < 4.78 is 25.1. The highest BCUT2D eigenvalue weighted by Gasteiger charge is 2.43. The molecule has 1 aromatic heterocycles. The molecule has 0 aliphatic heterocycles. The molecule has 7 heteroatoms. The predicted molar refractivity (Wildman–Crippen MR) is 74.4 cm³/mol. The maximum Gasteiger partial charge on any atom is 0.273 e. The van der Waals surface area contributed by atoms with Crippen LogP contribution in [0.25, 0.3) is 0 Å². The molecule has 1 aromatic rings.